The number of thiazole rings is 1. The predicted octanol–water partition coefficient (Wildman–Crippen LogP) is 3.10. The first kappa shape index (κ1) is 24.3. The second-order valence-electron chi connectivity index (χ2n) is 8.36. The lowest BCUT2D eigenvalue weighted by atomic mass is 10.1. The number of likely N-dealkylation sites (tertiary alicyclic amines) is 2. The molecule has 2 N–H and O–H groups in total. The van der Waals surface area contributed by atoms with Crippen LogP contribution in [0.15, 0.2) is 34.6 Å². The van der Waals surface area contributed by atoms with Crippen LogP contribution in [0.25, 0.3) is 10.2 Å². The van der Waals surface area contributed by atoms with Crippen molar-refractivity contribution in [3.05, 3.63) is 40.3 Å². The Bertz CT molecular complexity index is 1100. The maximum atomic E-state index is 13.2. The van der Waals surface area contributed by atoms with Gasteiger partial charge in [0.1, 0.15) is 6.04 Å². The lowest BCUT2D eigenvalue weighted by Crippen LogP contribution is -2.49. The van der Waals surface area contributed by atoms with E-state index in [1.807, 2.05) is 18.4 Å². The smallest absolute Gasteiger partial charge is 0.274 e. The molecule has 4 rings (SSSR count). The normalized spacial score (nSPS) is 19.4. The number of hydrogen-bond donors (Lipinski definition) is 2. The molecule has 0 aliphatic carbocycles. The van der Waals surface area contributed by atoms with Crippen LogP contribution in [-0.4, -0.2) is 70.0 Å². The molecule has 12 heteroatoms. The molecular formula is C22H28N6O4S2. The maximum Gasteiger partial charge on any atom is 0.274 e. The third-order valence-corrected chi connectivity index (χ3v) is 7.96. The molecule has 0 saturated carbocycles. The zero-order chi connectivity index (χ0) is 24.1. The zero-order valence-electron chi connectivity index (χ0n) is 19.0. The highest BCUT2D eigenvalue weighted by molar-refractivity contribution is 8.00. The van der Waals surface area contributed by atoms with E-state index >= 15 is 0 Å². The van der Waals surface area contributed by atoms with Gasteiger partial charge < -0.3 is 20.4 Å². The van der Waals surface area contributed by atoms with Crippen LogP contribution < -0.4 is 10.6 Å². The van der Waals surface area contributed by atoms with Crippen molar-refractivity contribution in [3.63, 3.8) is 0 Å². The number of anilines is 1. The zero-order valence-corrected chi connectivity index (χ0v) is 20.6. The maximum absolute atomic E-state index is 13.2. The summed E-state index contributed by atoms with van der Waals surface area (Å²) >= 11 is 3.11. The van der Waals surface area contributed by atoms with Gasteiger partial charge in [0.25, 0.3) is 6.20 Å². The predicted molar refractivity (Wildman–Crippen MR) is 133 cm³/mol. The Morgan fingerprint density at radius 2 is 2.06 bits per heavy atom. The summed E-state index contributed by atoms with van der Waals surface area (Å²) in [5, 5.41) is 17.4. The number of nitrogens with zero attached hydrogens (tertiary/aromatic N) is 4. The molecule has 1 aromatic heterocycles. The molecule has 182 valence electrons. The Balaban J connectivity index is 1.47. The lowest BCUT2D eigenvalue weighted by Gasteiger charge is -2.27. The van der Waals surface area contributed by atoms with E-state index in [2.05, 4.69) is 15.6 Å². The molecule has 10 nitrogen and oxygen atoms in total. The van der Waals surface area contributed by atoms with Crippen molar-refractivity contribution in [2.75, 3.05) is 37.8 Å². The van der Waals surface area contributed by atoms with E-state index in [-0.39, 0.29) is 24.2 Å². The molecule has 34 heavy (non-hydrogen) atoms. The molecule has 2 aromatic rings. The molecule has 0 radical (unpaired) electrons. The van der Waals surface area contributed by atoms with E-state index in [0.29, 0.717) is 18.7 Å². The standard InChI is InChI=1S/C22H28N6O4S2/c1-33-22-25-16-8-7-15(12-18(16)34-22)23-19(13-28(31)32)24-17-6-2-3-11-27(21(17)30)14-20(29)26-9-4-5-10-26/h7-8,12-13,17,23-24H,2-6,9-11,14H2,1H3/b19-13+. The molecule has 3 heterocycles. The van der Waals surface area contributed by atoms with Crippen LogP contribution in [0.3, 0.4) is 0 Å². The number of aromatic nitrogens is 1. The number of carbonyl (C=O) groups is 2. The van der Waals surface area contributed by atoms with E-state index in [1.54, 1.807) is 39.0 Å². The van der Waals surface area contributed by atoms with Crippen molar-refractivity contribution >= 4 is 50.8 Å². The van der Waals surface area contributed by atoms with Gasteiger partial charge in [0.15, 0.2) is 10.2 Å². The Labute approximate surface area is 205 Å². The molecule has 1 atom stereocenters. The van der Waals surface area contributed by atoms with Gasteiger partial charge in [-0.25, -0.2) is 4.98 Å². The summed E-state index contributed by atoms with van der Waals surface area (Å²) in [7, 11) is 0. The third-order valence-electron chi connectivity index (χ3n) is 5.95. The van der Waals surface area contributed by atoms with E-state index < -0.39 is 11.0 Å². The van der Waals surface area contributed by atoms with Gasteiger partial charge in [-0.15, -0.1) is 11.3 Å². The van der Waals surface area contributed by atoms with Crippen LogP contribution in [-0.2, 0) is 9.59 Å². The lowest BCUT2D eigenvalue weighted by molar-refractivity contribution is -0.403. The summed E-state index contributed by atoms with van der Waals surface area (Å²) in [6.45, 7) is 2.05. The van der Waals surface area contributed by atoms with E-state index in [4.69, 9.17) is 0 Å². The SMILES string of the molecule is CSc1nc2ccc(N/C(=C\[N+](=O)[O-])NC3CCCCN(CC(=O)N4CCCC4)C3=O)cc2s1. The van der Waals surface area contributed by atoms with E-state index in [0.717, 1.165) is 59.5 Å². The Kier molecular flexibility index (Phi) is 7.88. The van der Waals surface area contributed by atoms with Gasteiger partial charge >= 0.3 is 0 Å². The quantitative estimate of drug-likeness (QED) is 0.320. The van der Waals surface area contributed by atoms with Crippen LogP contribution in [0.1, 0.15) is 32.1 Å². The van der Waals surface area contributed by atoms with Crippen molar-refractivity contribution in [1.82, 2.24) is 20.1 Å². The van der Waals surface area contributed by atoms with Gasteiger partial charge in [0.05, 0.1) is 21.7 Å². The minimum Gasteiger partial charge on any atom is -0.355 e. The first-order valence-electron chi connectivity index (χ1n) is 11.3. The molecule has 0 bridgehead atoms. The molecule has 2 amide bonds. The number of carbonyl (C=O) groups excluding carboxylic acids is 2. The molecule has 2 fully saturated rings. The summed E-state index contributed by atoms with van der Waals surface area (Å²) < 4.78 is 1.91. The number of fused-ring (bicyclic) bond motifs is 1. The summed E-state index contributed by atoms with van der Waals surface area (Å²) in [5.74, 6) is -0.109. The molecular weight excluding hydrogens is 476 g/mol. The molecule has 1 aromatic carbocycles. The van der Waals surface area contributed by atoms with Crippen molar-refractivity contribution in [1.29, 1.82) is 0 Å². The average molecular weight is 505 g/mol. The summed E-state index contributed by atoms with van der Waals surface area (Å²) in [6.07, 6.45) is 6.90. The topological polar surface area (TPSA) is 121 Å². The van der Waals surface area contributed by atoms with Crippen LogP contribution >= 0.6 is 23.1 Å². The molecule has 2 aliphatic heterocycles. The fraction of sp³-hybridized carbons (Fsp3) is 0.500. The summed E-state index contributed by atoms with van der Waals surface area (Å²) in [4.78, 5) is 44.5. The monoisotopic (exact) mass is 504 g/mol. The Morgan fingerprint density at radius 3 is 2.79 bits per heavy atom. The van der Waals surface area contributed by atoms with E-state index in [1.165, 1.54) is 0 Å². The van der Waals surface area contributed by atoms with Gasteiger partial charge in [-0.05, 0) is 56.6 Å². The number of nitrogens with one attached hydrogen (secondary N) is 2. The first-order valence-corrected chi connectivity index (χ1v) is 13.4. The van der Waals surface area contributed by atoms with Gasteiger partial charge in [0, 0.05) is 25.3 Å². The number of rotatable bonds is 8. The van der Waals surface area contributed by atoms with Crippen molar-refractivity contribution in [2.24, 2.45) is 0 Å². The highest BCUT2D eigenvalue weighted by Crippen LogP contribution is 2.30. The van der Waals surface area contributed by atoms with Crippen molar-refractivity contribution in [2.45, 2.75) is 42.5 Å². The Hall–Kier alpha value is -2.86. The Morgan fingerprint density at radius 1 is 1.29 bits per heavy atom. The second-order valence-corrected chi connectivity index (χ2v) is 10.4. The van der Waals surface area contributed by atoms with Crippen LogP contribution in [0.4, 0.5) is 5.69 Å². The fourth-order valence-electron chi connectivity index (χ4n) is 4.25. The van der Waals surface area contributed by atoms with Gasteiger partial charge in [-0.3, -0.25) is 19.7 Å². The first-order chi connectivity index (χ1) is 16.4. The number of nitro groups is 1. The largest absolute Gasteiger partial charge is 0.355 e. The van der Waals surface area contributed by atoms with Crippen LogP contribution in [0.5, 0.6) is 0 Å². The molecule has 1 unspecified atom stereocenters. The minimum absolute atomic E-state index is 0.0341. The number of amides is 2. The summed E-state index contributed by atoms with van der Waals surface area (Å²) in [5.41, 5.74) is 1.52. The van der Waals surface area contributed by atoms with Gasteiger partial charge in [-0.2, -0.15) is 0 Å². The van der Waals surface area contributed by atoms with Crippen LogP contribution in [0.2, 0.25) is 0 Å². The summed E-state index contributed by atoms with van der Waals surface area (Å²) in [6, 6.07) is 4.90. The average Bonchev–Trinajstić information content (AvgIpc) is 3.45. The van der Waals surface area contributed by atoms with E-state index in [9.17, 15) is 19.7 Å². The number of benzene rings is 1. The molecule has 2 saturated heterocycles. The third kappa shape index (κ3) is 5.98. The molecule has 2 aliphatic rings. The van der Waals surface area contributed by atoms with Crippen LogP contribution in [0, 0.1) is 10.1 Å². The van der Waals surface area contributed by atoms with Gasteiger partial charge in [-0.1, -0.05) is 11.8 Å². The second kappa shape index (κ2) is 11.0. The number of thioether (sulfide) groups is 1. The highest BCUT2D eigenvalue weighted by atomic mass is 32.2. The van der Waals surface area contributed by atoms with Gasteiger partial charge in [0.2, 0.25) is 11.8 Å². The minimum atomic E-state index is -0.650. The highest BCUT2D eigenvalue weighted by Gasteiger charge is 2.31. The van der Waals surface area contributed by atoms with Crippen molar-refractivity contribution in [3.8, 4) is 0 Å². The van der Waals surface area contributed by atoms with Crippen molar-refractivity contribution < 1.29 is 14.5 Å². The number of hydrogen-bond acceptors (Lipinski definition) is 9. The molecule has 0 spiro atoms. The fourth-order valence-corrected chi connectivity index (χ4v) is 5.78.